The van der Waals surface area contributed by atoms with Gasteiger partial charge in [0.25, 0.3) is 0 Å². The van der Waals surface area contributed by atoms with Crippen molar-refractivity contribution in [3.05, 3.63) is 59.0 Å². The topological polar surface area (TPSA) is 41.9 Å². The van der Waals surface area contributed by atoms with Gasteiger partial charge in [-0.05, 0) is 45.8 Å². The summed E-state index contributed by atoms with van der Waals surface area (Å²) in [6.07, 6.45) is 3.55. The fourth-order valence-corrected chi connectivity index (χ4v) is 2.25. The summed E-state index contributed by atoms with van der Waals surface area (Å²) in [6, 6.07) is 6.32. The van der Waals surface area contributed by atoms with Crippen LogP contribution in [0.25, 0.3) is 0 Å². The highest BCUT2D eigenvalue weighted by Crippen LogP contribution is 2.20. The highest BCUT2D eigenvalue weighted by molar-refractivity contribution is 9.10. The van der Waals surface area contributed by atoms with Crippen molar-refractivity contribution in [2.75, 3.05) is 11.9 Å². The summed E-state index contributed by atoms with van der Waals surface area (Å²) in [6.45, 7) is 4.74. The molecule has 4 nitrogen and oxygen atoms in total. The third kappa shape index (κ3) is 4.64. The van der Waals surface area contributed by atoms with E-state index in [-0.39, 0.29) is 5.82 Å². The van der Waals surface area contributed by atoms with E-state index in [2.05, 4.69) is 38.2 Å². The van der Waals surface area contributed by atoms with Crippen molar-refractivity contribution in [3.8, 4) is 0 Å². The van der Waals surface area contributed by atoms with Crippen molar-refractivity contribution in [1.29, 1.82) is 0 Å². The minimum absolute atomic E-state index is 0.249. The van der Waals surface area contributed by atoms with E-state index in [4.69, 9.17) is 12.2 Å². The van der Waals surface area contributed by atoms with Gasteiger partial charge in [0.2, 0.25) is 0 Å². The van der Waals surface area contributed by atoms with E-state index in [0.29, 0.717) is 24.0 Å². The van der Waals surface area contributed by atoms with Gasteiger partial charge in [-0.3, -0.25) is 4.68 Å². The highest BCUT2D eigenvalue weighted by atomic mass is 79.9. The zero-order chi connectivity index (χ0) is 15.2. The molecule has 0 atom stereocenters. The maximum absolute atomic E-state index is 12.9. The van der Waals surface area contributed by atoms with Crippen molar-refractivity contribution < 1.29 is 4.39 Å². The fraction of sp³-hybridized carbons (Fsp3) is 0.143. The largest absolute Gasteiger partial charge is 0.359 e. The molecule has 2 rings (SSSR count). The Morgan fingerprint density at radius 3 is 2.81 bits per heavy atom. The number of hydrogen-bond donors (Lipinski definition) is 2. The van der Waals surface area contributed by atoms with Crippen molar-refractivity contribution in [3.63, 3.8) is 0 Å². The summed E-state index contributed by atoms with van der Waals surface area (Å²) in [4.78, 5) is 0. The molecule has 0 bridgehead atoms. The third-order valence-electron chi connectivity index (χ3n) is 2.61. The Balaban J connectivity index is 2.03. The molecule has 0 unspecified atom stereocenters. The Bertz CT molecular complexity index is 639. The number of rotatable bonds is 5. The minimum atomic E-state index is -0.249. The Labute approximate surface area is 136 Å². The molecule has 110 valence electrons. The molecule has 0 aliphatic heterocycles. The lowest BCUT2D eigenvalue weighted by atomic mass is 10.2. The van der Waals surface area contributed by atoms with Crippen LogP contribution in [0.5, 0.6) is 0 Å². The average Bonchev–Trinajstić information content (AvgIpc) is 2.79. The molecule has 2 N–H and O–H groups in total. The smallest absolute Gasteiger partial charge is 0.172 e. The number of hydrogen-bond acceptors (Lipinski definition) is 2. The third-order valence-corrected chi connectivity index (χ3v) is 3.44. The Morgan fingerprint density at radius 1 is 1.43 bits per heavy atom. The van der Waals surface area contributed by atoms with Crippen molar-refractivity contribution in [2.24, 2.45) is 0 Å². The van der Waals surface area contributed by atoms with Crippen molar-refractivity contribution in [2.45, 2.75) is 6.54 Å². The average molecular weight is 369 g/mol. The summed E-state index contributed by atoms with van der Waals surface area (Å²) in [7, 11) is 0. The van der Waals surface area contributed by atoms with Gasteiger partial charge >= 0.3 is 0 Å². The van der Waals surface area contributed by atoms with Crippen LogP contribution in [0.4, 0.5) is 10.2 Å². The molecule has 21 heavy (non-hydrogen) atoms. The van der Waals surface area contributed by atoms with E-state index in [1.165, 1.54) is 12.1 Å². The molecular weight excluding hydrogens is 355 g/mol. The second-order valence-corrected chi connectivity index (χ2v) is 5.54. The van der Waals surface area contributed by atoms with E-state index in [1.54, 1.807) is 22.9 Å². The molecule has 0 fully saturated rings. The number of nitrogens with one attached hydrogen (secondary N) is 2. The van der Waals surface area contributed by atoms with E-state index in [1.807, 2.05) is 6.20 Å². The molecule has 1 aromatic heterocycles. The molecule has 0 aliphatic rings. The summed E-state index contributed by atoms with van der Waals surface area (Å²) in [5.74, 6) is 0.375. The Morgan fingerprint density at radius 2 is 2.14 bits per heavy atom. The molecule has 2 aromatic rings. The Kier molecular flexibility index (Phi) is 5.46. The minimum Gasteiger partial charge on any atom is -0.359 e. The van der Waals surface area contributed by atoms with E-state index < -0.39 is 0 Å². The maximum atomic E-state index is 12.9. The standard InChI is InChI=1S/C14H14BrFN4S/c1-2-7-17-14(21)18-13-12(15)9-20(19-13)8-10-3-5-11(16)6-4-10/h2-6,9H,1,7-8H2,(H2,17,18,19,21). The quantitative estimate of drug-likeness (QED) is 0.627. The van der Waals surface area contributed by atoms with Crippen LogP contribution >= 0.6 is 28.1 Å². The van der Waals surface area contributed by atoms with Gasteiger partial charge in [-0.2, -0.15) is 5.10 Å². The van der Waals surface area contributed by atoms with Gasteiger partial charge in [0, 0.05) is 12.7 Å². The molecule has 0 saturated carbocycles. The van der Waals surface area contributed by atoms with Crippen LogP contribution in [0.1, 0.15) is 5.56 Å². The summed E-state index contributed by atoms with van der Waals surface area (Å²) in [5.41, 5.74) is 0.963. The SMILES string of the molecule is C=CCNC(=S)Nc1nn(Cc2ccc(F)cc2)cc1Br. The first kappa shape index (κ1) is 15.7. The number of benzene rings is 1. The second-order valence-electron chi connectivity index (χ2n) is 4.27. The fourth-order valence-electron chi connectivity index (χ4n) is 1.66. The lowest BCUT2D eigenvalue weighted by Crippen LogP contribution is -2.28. The normalized spacial score (nSPS) is 10.2. The van der Waals surface area contributed by atoms with Gasteiger partial charge in [0.05, 0.1) is 11.0 Å². The lowest BCUT2D eigenvalue weighted by molar-refractivity contribution is 0.624. The zero-order valence-electron chi connectivity index (χ0n) is 11.1. The van der Waals surface area contributed by atoms with E-state index >= 15 is 0 Å². The van der Waals surface area contributed by atoms with Crippen LogP contribution in [0.3, 0.4) is 0 Å². The molecular formula is C14H14BrFN4S. The van der Waals surface area contributed by atoms with Crippen LogP contribution in [-0.2, 0) is 6.54 Å². The van der Waals surface area contributed by atoms with Gasteiger partial charge in [-0.15, -0.1) is 6.58 Å². The molecule has 0 radical (unpaired) electrons. The maximum Gasteiger partial charge on any atom is 0.172 e. The predicted molar refractivity (Wildman–Crippen MR) is 89.8 cm³/mol. The van der Waals surface area contributed by atoms with Crippen molar-refractivity contribution in [1.82, 2.24) is 15.1 Å². The van der Waals surface area contributed by atoms with E-state index in [9.17, 15) is 4.39 Å². The zero-order valence-corrected chi connectivity index (χ0v) is 13.5. The Hall–Kier alpha value is -1.73. The number of halogens is 2. The van der Waals surface area contributed by atoms with Gasteiger partial charge in [-0.1, -0.05) is 18.2 Å². The van der Waals surface area contributed by atoms with Gasteiger partial charge in [0.15, 0.2) is 10.9 Å². The monoisotopic (exact) mass is 368 g/mol. The second kappa shape index (κ2) is 7.33. The molecule has 0 saturated heterocycles. The summed E-state index contributed by atoms with van der Waals surface area (Å²) in [5, 5.41) is 10.8. The molecule has 7 heteroatoms. The lowest BCUT2D eigenvalue weighted by Gasteiger charge is -2.06. The van der Waals surface area contributed by atoms with Crippen molar-refractivity contribution >= 4 is 39.1 Å². The number of nitrogens with zero attached hydrogens (tertiary/aromatic N) is 2. The molecule has 1 aromatic carbocycles. The van der Waals surface area contributed by atoms with E-state index in [0.717, 1.165) is 10.0 Å². The van der Waals surface area contributed by atoms with Gasteiger partial charge < -0.3 is 10.6 Å². The first-order chi connectivity index (χ1) is 10.1. The first-order valence-electron chi connectivity index (χ1n) is 6.21. The summed E-state index contributed by atoms with van der Waals surface area (Å²) >= 11 is 8.56. The molecule has 0 aliphatic carbocycles. The van der Waals surface area contributed by atoms with Gasteiger partial charge in [0.1, 0.15) is 5.82 Å². The number of anilines is 1. The van der Waals surface area contributed by atoms with Crippen LogP contribution in [-0.4, -0.2) is 21.4 Å². The summed E-state index contributed by atoms with van der Waals surface area (Å²) < 4.78 is 15.4. The molecule has 1 heterocycles. The van der Waals surface area contributed by atoms with Crippen LogP contribution in [0, 0.1) is 5.82 Å². The predicted octanol–water partition coefficient (Wildman–Crippen LogP) is 3.31. The van der Waals surface area contributed by atoms with Gasteiger partial charge in [-0.25, -0.2) is 4.39 Å². The first-order valence-corrected chi connectivity index (χ1v) is 7.42. The van der Waals surface area contributed by atoms with Crippen LogP contribution in [0.15, 0.2) is 47.6 Å². The number of aromatic nitrogens is 2. The molecule has 0 amide bonds. The van der Waals surface area contributed by atoms with Crippen LogP contribution in [0.2, 0.25) is 0 Å². The number of thiocarbonyl (C=S) groups is 1. The van der Waals surface area contributed by atoms with Crippen LogP contribution < -0.4 is 10.6 Å². The highest BCUT2D eigenvalue weighted by Gasteiger charge is 2.08. The molecule has 0 spiro atoms.